The summed E-state index contributed by atoms with van der Waals surface area (Å²) in [4.78, 5) is 23.1. The summed E-state index contributed by atoms with van der Waals surface area (Å²) in [6, 6.07) is 10.9. The molecule has 0 saturated heterocycles. The summed E-state index contributed by atoms with van der Waals surface area (Å²) in [6.07, 6.45) is 1.67. The van der Waals surface area contributed by atoms with Gasteiger partial charge in [-0.1, -0.05) is 24.3 Å². The highest BCUT2D eigenvalue weighted by Gasteiger charge is 2.24. The Hall–Kier alpha value is -2.24. The van der Waals surface area contributed by atoms with Crippen LogP contribution in [0.4, 0.5) is 0 Å². The number of hydrogen-bond acceptors (Lipinski definition) is 4. The monoisotopic (exact) mass is 299 g/mol. The van der Waals surface area contributed by atoms with Crippen molar-refractivity contribution in [2.24, 2.45) is 0 Å². The molecule has 1 aliphatic heterocycles. The van der Waals surface area contributed by atoms with Crippen LogP contribution in [-0.4, -0.2) is 34.2 Å². The molecule has 5 nitrogen and oxygen atoms in total. The predicted octanol–water partition coefficient (Wildman–Crippen LogP) is 1.62. The van der Waals surface area contributed by atoms with E-state index in [0.29, 0.717) is 11.1 Å². The van der Waals surface area contributed by atoms with E-state index in [1.54, 1.807) is 12.1 Å². The van der Waals surface area contributed by atoms with Crippen LogP contribution in [0.15, 0.2) is 36.4 Å². The second-order valence-corrected chi connectivity index (χ2v) is 5.56. The first-order chi connectivity index (χ1) is 10.6. The van der Waals surface area contributed by atoms with Gasteiger partial charge in [0.1, 0.15) is 0 Å². The largest absolute Gasteiger partial charge is 0.390 e. The van der Waals surface area contributed by atoms with Crippen molar-refractivity contribution in [2.45, 2.75) is 31.5 Å². The zero-order valence-electron chi connectivity index (χ0n) is 12.0. The molecular formula is C17H17NO4. The van der Waals surface area contributed by atoms with Crippen LogP contribution in [0, 0.1) is 0 Å². The van der Waals surface area contributed by atoms with E-state index in [4.69, 9.17) is 10.2 Å². The second kappa shape index (κ2) is 5.87. The molecule has 4 rings (SSSR count). The number of rotatable bonds is 0. The Morgan fingerprint density at radius 2 is 1.36 bits per heavy atom. The summed E-state index contributed by atoms with van der Waals surface area (Å²) >= 11 is 0. The van der Waals surface area contributed by atoms with E-state index in [-0.39, 0.29) is 11.8 Å². The molecule has 2 atom stereocenters. The first-order valence-corrected chi connectivity index (χ1v) is 7.31. The van der Waals surface area contributed by atoms with Crippen molar-refractivity contribution in [1.82, 2.24) is 5.32 Å². The van der Waals surface area contributed by atoms with Crippen LogP contribution in [-0.2, 0) is 0 Å². The fourth-order valence-electron chi connectivity index (χ4n) is 2.88. The molecule has 5 heteroatoms. The van der Waals surface area contributed by atoms with Crippen molar-refractivity contribution in [3.63, 3.8) is 0 Å². The molecule has 0 bridgehead atoms. The average molecular weight is 299 g/mol. The van der Waals surface area contributed by atoms with Gasteiger partial charge in [0.2, 0.25) is 0 Å². The zero-order valence-corrected chi connectivity index (χ0v) is 12.0. The minimum Gasteiger partial charge on any atom is -0.390 e. The van der Waals surface area contributed by atoms with Gasteiger partial charge in [0.15, 0.2) is 0 Å². The van der Waals surface area contributed by atoms with Crippen molar-refractivity contribution in [2.75, 3.05) is 0 Å². The minimum absolute atomic E-state index is 0.315. The molecule has 2 aliphatic rings. The molecule has 1 fully saturated rings. The van der Waals surface area contributed by atoms with Gasteiger partial charge in [-0.15, -0.1) is 0 Å². The minimum atomic E-state index is -0.431. The van der Waals surface area contributed by atoms with E-state index >= 15 is 0 Å². The maximum atomic E-state index is 11.6. The van der Waals surface area contributed by atoms with Gasteiger partial charge in [-0.3, -0.25) is 14.9 Å². The molecule has 1 heterocycles. The molecule has 114 valence electrons. The zero-order chi connectivity index (χ0) is 15.7. The summed E-state index contributed by atoms with van der Waals surface area (Å²) < 4.78 is 0. The molecule has 22 heavy (non-hydrogen) atoms. The normalized spacial score (nSPS) is 23.0. The van der Waals surface area contributed by atoms with Crippen LogP contribution in [0.1, 0.15) is 40.0 Å². The van der Waals surface area contributed by atoms with E-state index in [2.05, 4.69) is 5.32 Å². The smallest absolute Gasteiger partial charge is 0.258 e. The third-order valence-electron chi connectivity index (χ3n) is 4.06. The van der Waals surface area contributed by atoms with Crippen LogP contribution in [0.3, 0.4) is 0 Å². The first kappa shape index (κ1) is 14.7. The lowest BCUT2D eigenvalue weighted by Gasteiger charge is -2.15. The maximum absolute atomic E-state index is 11.6. The Kier molecular flexibility index (Phi) is 3.92. The number of aliphatic hydroxyl groups is 2. The lowest BCUT2D eigenvalue weighted by atomic mass is 9.95. The molecular weight excluding hydrogens is 282 g/mol. The van der Waals surface area contributed by atoms with Gasteiger partial charge >= 0.3 is 0 Å². The Labute approximate surface area is 127 Å². The molecule has 2 amide bonds. The molecule has 2 aromatic carbocycles. The number of carbonyl (C=O) groups is 2. The highest BCUT2D eigenvalue weighted by atomic mass is 16.3. The molecule has 0 unspecified atom stereocenters. The number of amides is 2. The quantitative estimate of drug-likeness (QED) is 0.645. The van der Waals surface area contributed by atoms with Crippen molar-refractivity contribution in [3.8, 4) is 0 Å². The highest BCUT2D eigenvalue weighted by Crippen LogP contribution is 2.25. The number of benzene rings is 2. The van der Waals surface area contributed by atoms with E-state index in [9.17, 15) is 9.59 Å². The van der Waals surface area contributed by atoms with Gasteiger partial charge in [0.05, 0.1) is 12.2 Å². The Morgan fingerprint density at radius 1 is 0.864 bits per heavy atom. The van der Waals surface area contributed by atoms with E-state index in [1.165, 1.54) is 0 Å². The van der Waals surface area contributed by atoms with Gasteiger partial charge in [-0.2, -0.15) is 0 Å². The van der Waals surface area contributed by atoms with E-state index in [1.807, 2.05) is 24.3 Å². The molecule has 0 radical (unpaired) electrons. The fraction of sp³-hybridized carbons (Fsp3) is 0.294. The molecule has 2 aromatic rings. The van der Waals surface area contributed by atoms with Crippen molar-refractivity contribution < 1.29 is 19.8 Å². The Balaban J connectivity index is 0.000000174. The van der Waals surface area contributed by atoms with Gasteiger partial charge in [0.25, 0.3) is 11.8 Å². The van der Waals surface area contributed by atoms with Gasteiger partial charge < -0.3 is 10.2 Å². The summed E-state index contributed by atoms with van der Waals surface area (Å²) in [5.74, 6) is -0.631. The summed E-state index contributed by atoms with van der Waals surface area (Å²) in [6.45, 7) is 0. The third kappa shape index (κ3) is 2.61. The van der Waals surface area contributed by atoms with Crippen LogP contribution in [0.25, 0.3) is 10.8 Å². The van der Waals surface area contributed by atoms with E-state index < -0.39 is 12.2 Å². The Morgan fingerprint density at radius 3 is 1.77 bits per heavy atom. The van der Waals surface area contributed by atoms with Gasteiger partial charge in [-0.05, 0) is 36.8 Å². The van der Waals surface area contributed by atoms with Crippen molar-refractivity contribution in [1.29, 1.82) is 0 Å². The second-order valence-electron chi connectivity index (χ2n) is 5.56. The molecule has 0 aromatic heterocycles. The number of hydrogen-bond donors (Lipinski definition) is 3. The van der Waals surface area contributed by atoms with Crippen molar-refractivity contribution >= 4 is 22.6 Å². The lowest BCUT2D eigenvalue weighted by Crippen LogP contribution is -2.34. The van der Waals surface area contributed by atoms with Gasteiger partial charge in [-0.25, -0.2) is 0 Å². The Bertz CT molecular complexity index is 684. The van der Waals surface area contributed by atoms with Crippen LogP contribution in [0.2, 0.25) is 0 Å². The number of carbonyl (C=O) groups excluding carboxylic acids is 2. The third-order valence-corrected chi connectivity index (χ3v) is 4.06. The number of aliphatic hydroxyl groups excluding tert-OH is 2. The summed E-state index contributed by atoms with van der Waals surface area (Å²) in [5, 5.41) is 21.5. The average Bonchev–Trinajstić information content (AvgIpc) is 2.89. The lowest BCUT2D eigenvalue weighted by molar-refractivity contribution is 0.0438. The predicted molar refractivity (Wildman–Crippen MR) is 81.6 cm³/mol. The number of nitrogens with one attached hydrogen (secondary N) is 1. The van der Waals surface area contributed by atoms with Crippen LogP contribution >= 0.6 is 0 Å². The maximum Gasteiger partial charge on any atom is 0.258 e. The summed E-state index contributed by atoms with van der Waals surface area (Å²) in [7, 11) is 0. The molecule has 1 aliphatic carbocycles. The highest BCUT2D eigenvalue weighted by molar-refractivity contribution is 6.25. The van der Waals surface area contributed by atoms with Crippen molar-refractivity contribution in [3.05, 3.63) is 47.5 Å². The summed E-state index contributed by atoms with van der Waals surface area (Å²) in [5.41, 5.74) is 1.14. The van der Waals surface area contributed by atoms with Gasteiger partial charge in [0, 0.05) is 16.5 Å². The topological polar surface area (TPSA) is 86.6 Å². The molecule has 1 saturated carbocycles. The van der Waals surface area contributed by atoms with Crippen LogP contribution in [0.5, 0.6) is 0 Å². The van der Waals surface area contributed by atoms with Crippen LogP contribution < -0.4 is 5.32 Å². The van der Waals surface area contributed by atoms with E-state index in [0.717, 1.165) is 30.0 Å². The fourth-order valence-corrected chi connectivity index (χ4v) is 2.88. The molecule has 3 N–H and O–H groups in total. The first-order valence-electron chi connectivity index (χ1n) is 7.31. The molecule has 0 spiro atoms. The number of imide groups is 1. The standard InChI is InChI=1S/C12H7NO2.C5H10O2/c14-11-8-5-1-3-7-4-2-6-9(10(7)8)12(15)13-11;6-4-2-1-3-5(4)7/h1-6H,(H,13,14,15);4-7H,1-3H2/t;4-,5-/m.1/s1. The SMILES string of the molecule is O=C1NC(=O)c2cccc3cccc1c23.O[C@@H]1CCC[C@H]1O.